The van der Waals surface area contributed by atoms with E-state index in [9.17, 15) is 10.1 Å². The summed E-state index contributed by atoms with van der Waals surface area (Å²) in [5.41, 5.74) is 6.18. The Balaban J connectivity index is 3.03. The third-order valence-electron chi connectivity index (χ3n) is 1.84. The fourth-order valence-corrected chi connectivity index (χ4v) is 1.21. The van der Waals surface area contributed by atoms with E-state index in [0.717, 1.165) is 0 Å². The van der Waals surface area contributed by atoms with Crippen molar-refractivity contribution in [2.75, 3.05) is 0 Å². The first kappa shape index (κ1) is 11.5. The zero-order valence-corrected chi connectivity index (χ0v) is 8.77. The number of nitro groups is 1. The minimum atomic E-state index is -0.446. The molecule has 1 rings (SSSR count). The van der Waals surface area contributed by atoms with Gasteiger partial charge in [-0.1, -0.05) is 0 Å². The summed E-state index contributed by atoms with van der Waals surface area (Å²) in [5, 5.41) is 10.5. The molecule has 0 aromatic heterocycles. The normalized spacial score (nSPS) is 10.4. The molecule has 1 aromatic rings. The molecule has 0 fully saturated rings. The molecule has 0 bridgehead atoms. The van der Waals surface area contributed by atoms with Crippen LogP contribution in [0.3, 0.4) is 0 Å². The highest BCUT2D eigenvalue weighted by Crippen LogP contribution is 2.24. The molecule has 82 valence electrons. The van der Waals surface area contributed by atoms with Crippen molar-refractivity contribution in [3.05, 3.63) is 33.9 Å². The van der Waals surface area contributed by atoms with E-state index in [1.807, 2.05) is 13.8 Å². The number of non-ortho nitro benzene ring substituents is 1. The van der Waals surface area contributed by atoms with E-state index in [1.165, 1.54) is 12.1 Å². The van der Waals surface area contributed by atoms with E-state index < -0.39 is 4.92 Å². The molecule has 0 saturated heterocycles. The minimum absolute atomic E-state index is 0.0248. The lowest BCUT2D eigenvalue weighted by atomic mass is 10.2. The number of benzene rings is 1. The summed E-state index contributed by atoms with van der Waals surface area (Å²) in [6.07, 6.45) is 0.0248. The molecule has 0 aliphatic heterocycles. The first-order valence-electron chi connectivity index (χ1n) is 4.68. The van der Waals surface area contributed by atoms with Gasteiger partial charge in [0.25, 0.3) is 5.69 Å². The highest BCUT2D eigenvalue weighted by molar-refractivity contribution is 5.43. The molecule has 0 atom stereocenters. The van der Waals surface area contributed by atoms with Crippen molar-refractivity contribution in [1.29, 1.82) is 0 Å². The Labute approximate surface area is 88.0 Å². The summed E-state index contributed by atoms with van der Waals surface area (Å²) >= 11 is 0. The van der Waals surface area contributed by atoms with Gasteiger partial charge in [-0.3, -0.25) is 10.1 Å². The van der Waals surface area contributed by atoms with Gasteiger partial charge in [0.05, 0.1) is 11.0 Å². The SMILES string of the molecule is CC(C)Oc1ccc([N+](=O)[O-])cc1CN. The maximum absolute atomic E-state index is 10.5. The number of hydrogen-bond acceptors (Lipinski definition) is 4. The predicted octanol–water partition coefficient (Wildman–Crippen LogP) is 1.84. The van der Waals surface area contributed by atoms with Gasteiger partial charge in [0.2, 0.25) is 0 Å². The van der Waals surface area contributed by atoms with Gasteiger partial charge in [0, 0.05) is 24.2 Å². The Hall–Kier alpha value is -1.62. The second-order valence-corrected chi connectivity index (χ2v) is 3.42. The maximum atomic E-state index is 10.5. The van der Waals surface area contributed by atoms with Crippen LogP contribution in [-0.2, 0) is 6.54 Å². The van der Waals surface area contributed by atoms with Crippen molar-refractivity contribution in [3.8, 4) is 5.75 Å². The van der Waals surface area contributed by atoms with E-state index in [0.29, 0.717) is 11.3 Å². The van der Waals surface area contributed by atoms with Gasteiger partial charge in [0.1, 0.15) is 5.75 Å². The molecular formula is C10H14N2O3. The Bertz CT molecular complexity index is 364. The summed E-state index contributed by atoms with van der Waals surface area (Å²) in [5.74, 6) is 0.609. The lowest BCUT2D eigenvalue weighted by Crippen LogP contribution is -2.09. The van der Waals surface area contributed by atoms with Crippen LogP contribution < -0.4 is 10.5 Å². The first-order valence-corrected chi connectivity index (χ1v) is 4.68. The van der Waals surface area contributed by atoms with Crippen LogP contribution in [0.4, 0.5) is 5.69 Å². The van der Waals surface area contributed by atoms with Gasteiger partial charge < -0.3 is 10.5 Å². The van der Waals surface area contributed by atoms with Crippen molar-refractivity contribution in [3.63, 3.8) is 0 Å². The lowest BCUT2D eigenvalue weighted by molar-refractivity contribution is -0.384. The summed E-state index contributed by atoms with van der Waals surface area (Å²) in [7, 11) is 0. The Morgan fingerprint density at radius 2 is 2.20 bits per heavy atom. The molecule has 0 unspecified atom stereocenters. The zero-order valence-electron chi connectivity index (χ0n) is 8.77. The van der Waals surface area contributed by atoms with Crippen LogP contribution in [0, 0.1) is 10.1 Å². The Morgan fingerprint density at radius 1 is 1.53 bits per heavy atom. The van der Waals surface area contributed by atoms with Crippen molar-refractivity contribution in [1.82, 2.24) is 0 Å². The topological polar surface area (TPSA) is 78.4 Å². The number of ether oxygens (including phenoxy) is 1. The predicted molar refractivity (Wildman–Crippen MR) is 56.8 cm³/mol. The van der Waals surface area contributed by atoms with Gasteiger partial charge in [-0.05, 0) is 19.9 Å². The van der Waals surface area contributed by atoms with E-state index >= 15 is 0 Å². The Kier molecular flexibility index (Phi) is 3.62. The quantitative estimate of drug-likeness (QED) is 0.607. The van der Waals surface area contributed by atoms with Crippen LogP contribution in [0.25, 0.3) is 0 Å². The molecule has 0 aliphatic rings. The van der Waals surface area contributed by atoms with Crippen molar-refractivity contribution >= 4 is 5.69 Å². The summed E-state index contributed by atoms with van der Waals surface area (Å²) in [6, 6.07) is 4.44. The van der Waals surface area contributed by atoms with Crippen LogP contribution >= 0.6 is 0 Å². The number of nitrogens with zero attached hydrogens (tertiary/aromatic N) is 1. The maximum Gasteiger partial charge on any atom is 0.270 e. The van der Waals surface area contributed by atoms with Crippen LogP contribution in [0.5, 0.6) is 5.75 Å². The second-order valence-electron chi connectivity index (χ2n) is 3.42. The van der Waals surface area contributed by atoms with Crippen LogP contribution in [-0.4, -0.2) is 11.0 Å². The fraction of sp³-hybridized carbons (Fsp3) is 0.400. The number of hydrogen-bond donors (Lipinski definition) is 1. The van der Waals surface area contributed by atoms with Crippen LogP contribution in [0.2, 0.25) is 0 Å². The highest BCUT2D eigenvalue weighted by atomic mass is 16.6. The van der Waals surface area contributed by atoms with Gasteiger partial charge >= 0.3 is 0 Å². The van der Waals surface area contributed by atoms with Gasteiger partial charge in [-0.15, -0.1) is 0 Å². The van der Waals surface area contributed by atoms with E-state index in [-0.39, 0.29) is 18.3 Å². The van der Waals surface area contributed by atoms with Crippen molar-refractivity contribution < 1.29 is 9.66 Å². The molecule has 0 saturated carbocycles. The fourth-order valence-electron chi connectivity index (χ4n) is 1.21. The minimum Gasteiger partial charge on any atom is -0.491 e. The van der Waals surface area contributed by atoms with E-state index in [2.05, 4.69) is 0 Å². The van der Waals surface area contributed by atoms with E-state index in [1.54, 1.807) is 6.07 Å². The molecule has 1 aromatic carbocycles. The molecule has 2 N–H and O–H groups in total. The average molecular weight is 210 g/mol. The van der Waals surface area contributed by atoms with Crippen LogP contribution in [0.15, 0.2) is 18.2 Å². The lowest BCUT2D eigenvalue weighted by Gasteiger charge is -2.12. The van der Waals surface area contributed by atoms with Crippen molar-refractivity contribution in [2.24, 2.45) is 5.73 Å². The number of rotatable bonds is 4. The molecule has 15 heavy (non-hydrogen) atoms. The largest absolute Gasteiger partial charge is 0.491 e. The number of nitrogens with two attached hydrogens (primary N) is 1. The van der Waals surface area contributed by atoms with Gasteiger partial charge in [-0.2, -0.15) is 0 Å². The number of nitro benzene ring substituents is 1. The van der Waals surface area contributed by atoms with Crippen molar-refractivity contribution in [2.45, 2.75) is 26.5 Å². The average Bonchev–Trinajstić information content (AvgIpc) is 2.17. The van der Waals surface area contributed by atoms with Crippen LogP contribution in [0.1, 0.15) is 19.4 Å². The molecule has 0 amide bonds. The molecule has 0 radical (unpaired) electrons. The monoisotopic (exact) mass is 210 g/mol. The standard InChI is InChI=1S/C10H14N2O3/c1-7(2)15-10-4-3-9(12(13)14)5-8(10)6-11/h3-5,7H,6,11H2,1-2H3. The molecule has 5 heteroatoms. The summed E-state index contributed by atoms with van der Waals surface area (Å²) < 4.78 is 5.47. The van der Waals surface area contributed by atoms with E-state index in [4.69, 9.17) is 10.5 Å². The highest BCUT2D eigenvalue weighted by Gasteiger charge is 2.11. The summed E-state index contributed by atoms with van der Waals surface area (Å²) in [6.45, 7) is 4.01. The zero-order chi connectivity index (χ0) is 11.4. The molecule has 0 spiro atoms. The second kappa shape index (κ2) is 4.75. The van der Waals surface area contributed by atoms with Gasteiger partial charge in [0.15, 0.2) is 0 Å². The molecule has 0 heterocycles. The molecule has 0 aliphatic carbocycles. The molecule has 5 nitrogen and oxygen atoms in total. The first-order chi connectivity index (χ1) is 7.04. The Morgan fingerprint density at radius 3 is 2.67 bits per heavy atom. The summed E-state index contributed by atoms with van der Waals surface area (Å²) in [4.78, 5) is 10.1. The molecular weight excluding hydrogens is 196 g/mol. The van der Waals surface area contributed by atoms with Gasteiger partial charge in [-0.25, -0.2) is 0 Å². The smallest absolute Gasteiger partial charge is 0.270 e. The third-order valence-corrected chi connectivity index (χ3v) is 1.84. The third kappa shape index (κ3) is 2.92.